The molecule has 0 aromatic rings. The first-order valence-corrected chi connectivity index (χ1v) is 5.06. The zero-order valence-corrected chi connectivity index (χ0v) is 8.67. The molecule has 0 bridgehead atoms. The van der Waals surface area contributed by atoms with Crippen molar-refractivity contribution in [2.24, 2.45) is 5.73 Å². The number of alkyl halides is 3. The molecule has 0 spiro atoms. The minimum absolute atomic E-state index is 0.0612. The van der Waals surface area contributed by atoms with Gasteiger partial charge >= 0.3 is 6.18 Å². The van der Waals surface area contributed by atoms with Crippen molar-refractivity contribution >= 4 is 0 Å². The molecular weight excluding hydrogens is 209 g/mol. The molecule has 0 aliphatic carbocycles. The van der Waals surface area contributed by atoms with Gasteiger partial charge in [-0.25, -0.2) is 0 Å². The number of hydrogen-bond acceptors (Lipinski definition) is 3. The van der Waals surface area contributed by atoms with E-state index in [4.69, 9.17) is 5.73 Å². The normalized spacial score (nSPS) is 28.8. The van der Waals surface area contributed by atoms with Gasteiger partial charge in [-0.1, -0.05) is 0 Å². The summed E-state index contributed by atoms with van der Waals surface area (Å²) in [6.45, 7) is 1.76. The van der Waals surface area contributed by atoms with Crippen molar-refractivity contribution < 1.29 is 18.3 Å². The zero-order valence-electron chi connectivity index (χ0n) is 8.67. The van der Waals surface area contributed by atoms with Crippen LogP contribution in [0.25, 0.3) is 0 Å². The monoisotopic (exact) mass is 226 g/mol. The lowest BCUT2D eigenvalue weighted by Gasteiger charge is -2.39. The molecule has 3 nitrogen and oxygen atoms in total. The SMILES string of the molecule is CC(N)C(N1CCCC(O)C1)C(F)(F)F. The van der Waals surface area contributed by atoms with Crippen molar-refractivity contribution in [2.45, 2.75) is 44.1 Å². The fraction of sp³-hybridized carbons (Fsp3) is 1.00. The molecule has 0 aromatic heterocycles. The molecule has 0 saturated carbocycles. The number of β-amino-alcohol motifs (C(OH)–C–C–N with tert-alkyl or cyclic N) is 1. The van der Waals surface area contributed by atoms with Crippen molar-refractivity contribution in [1.29, 1.82) is 0 Å². The Bertz CT molecular complexity index is 208. The van der Waals surface area contributed by atoms with E-state index in [0.29, 0.717) is 19.4 Å². The minimum atomic E-state index is -4.33. The third kappa shape index (κ3) is 3.32. The van der Waals surface area contributed by atoms with Crippen molar-refractivity contribution in [1.82, 2.24) is 4.90 Å². The summed E-state index contributed by atoms with van der Waals surface area (Å²) in [5, 5.41) is 9.33. The molecule has 1 heterocycles. The van der Waals surface area contributed by atoms with Crippen molar-refractivity contribution in [3.8, 4) is 0 Å². The van der Waals surface area contributed by atoms with Gasteiger partial charge in [0.25, 0.3) is 0 Å². The standard InChI is InChI=1S/C9H17F3N2O/c1-6(13)8(9(10,11)12)14-4-2-3-7(15)5-14/h6-8,15H,2-5,13H2,1H3. The predicted molar refractivity (Wildman–Crippen MR) is 50.3 cm³/mol. The third-order valence-electron chi connectivity index (χ3n) is 2.65. The lowest BCUT2D eigenvalue weighted by atomic mass is 10.0. The molecule has 6 heteroatoms. The highest BCUT2D eigenvalue weighted by atomic mass is 19.4. The summed E-state index contributed by atoms with van der Waals surface area (Å²) in [4.78, 5) is 1.23. The van der Waals surface area contributed by atoms with E-state index in [1.54, 1.807) is 0 Å². The van der Waals surface area contributed by atoms with Gasteiger partial charge in [-0.2, -0.15) is 13.2 Å². The van der Waals surface area contributed by atoms with Gasteiger partial charge in [0.05, 0.1) is 6.10 Å². The van der Waals surface area contributed by atoms with Crippen LogP contribution in [-0.2, 0) is 0 Å². The van der Waals surface area contributed by atoms with Gasteiger partial charge in [0, 0.05) is 12.6 Å². The maximum Gasteiger partial charge on any atom is 0.405 e. The Kier molecular flexibility index (Phi) is 3.97. The Morgan fingerprint density at radius 2 is 2.07 bits per heavy atom. The Labute approximate surface area is 87.0 Å². The lowest BCUT2D eigenvalue weighted by Crippen LogP contribution is -2.58. The summed E-state index contributed by atoms with van der Waals surface area (Å²) in [5.74, 6) is 0. The van der Waals surface area contributed by atoms with Crippen LogP contribution in [0.15, 0.2) is 0 Å². The fourth-order valence-corrected chi connectivity index (χ4v) is 2.07. The van der Waals surface area contributed by atoms with E-state index in [2.05, 4.69) is 0 Å². The predicted octanol–water partition coefficient (Wildman–Crippen LogP) is 0.721. The molecule has 0 radical (unpaired) electrons. The van der Waals surface area contributed by atoms with Gasteiger partial charge in [-0.05, 0) is 26.3 Å². The molecule has 3 unspecified atom stereocenters. The highest BCUT2D eigenvalue weighted by molar-refractivity contribution is 4.88. The second-order valence-electron chi connectivity index (χ2n) is 4.14. The van der Waals surface area contributed by atoms with E-state index in [1.807, 2.05) is 0 Å². The summed E-state index contributed by atoms with van der Waals surface area (Å²) in [5.41, 5.74) is 5.36. The molecule has 1 aliphatic rings. The van der Waals surface area contributed by atoms with Crippen LogP contribution in [0.2, 0.25) is 0 Å². The number of aliphatic hydroxyl groups is 1. The quantitative estimate of drug-likeness (QED) is 0.729. The average molecular weight is 226 g/mol. The van der Waals surface area contributed by atoms with E-state index in [-0.39, 0.29) is 6.54 Å². The molecule has 15 heavy (non-hydrogen) atoms. The van der Waals surface area contributed by atoms with Crippen molar-refractivity contribution in [3.63, 3.8) is 0 Å². The molecule has 1 aliphatic heterocycles. The van der Waals surface area contributed by atoms with E-state index in [0.717, 1.165) is 0 Å². The van der Waals surface area contributed by atoms with E-state index in [9.17, 15) is 18.3 Å². The largest absolute Gasteiger partial charge is 0.405 e. The lowest BCUT2D eigenvalue weighted by molar-refractivity contribution is -0.194. The third-order valence-corrected chi connectivity index (χ3v) is 2.65. The molecule has 0 amide bonds. The Morgan fingerprint density at radius 3 is 2.47 bits per heavy atom. The maximum absolute atomic E-state index is 12.7. The Balaban J connectivity index is 2.71. The summed E-state index contributed by atoms with van der Waals surface area (Å²) in [6, 6.07) is -2.62. The number of aliphatic hydroxyl groups excluding tert-OH is 1. The van der Waals surface area contributed by atoms with Crippen LogP contribution in [0, 0.1) is 0 Å². The topological polar surface area (TPSA) is 49.5 Å². The smallest absolute Gasteiger partial charge is 0.392 e. The van der Waals surface area contributed by atoms with E-state index < -0.39 is 24.4 Å². The summed E-state index contributed by atoms with van der Waals surface area (Å²) in [6.07, 6.45) is -3.84. The van der Waals surface area contributed by atoms with E-state index >= 15 is 0 Å². The van der Waals surface area contributed by atoms with Crippen LogP contribution in [0.4, 0.5) is 13.2 Å². The van der Waals surface area contributed by atoms with Crippen molar-refractivity contribution in [3.05, 3.63) is 0 Å². The zero-order chi connectivity index (χ0) is 11.6. The van der Waals surface area contributed by atoms with Crippen LogP contribution in [0.3, 0.4) is 0 Å². The number of rotatable bonds is 2. The number of nitrogens with zero attached hydrogens (tertiary/aromatic N) is 1. The Hall–Kier alpha value is -0.330. The summed E-state index contributed by atoms with van der Waals surface area (Å²) >= 11 is 0. The number of likely N-dealkylation sites (tertiary alicyclic amines) is 1. The first-order valence-electron chi connectivity index (χ1n) is 5.06. The van der Waals surface area contributed by atoms with Gasteiger partial charge in [-0.3, -0.25) is 4.90 Å². The average Bonchev–Trinajstić information content (AvgIpc) is 1.99. The second kappa shape index (κ2) is 4.67. The van der Waals surface area contributed by atoms with Crippen LogP contribution < -0.4 is 5.73 Å². The van der Waals surface area contributed by atoms with Gasteiger partial charge in [0.2, 0.25) is 0 Å². The van der Waals surface area contributed by atoms with Crippen LogP contribution in [-0.4, -0.2) is 47.5 Å². The minimum Gasteiger partial charge on any atom is -0.392 e. The molecular formula is C9H17F3N2O. The first kappa shape index (κ1) is 12.7. The number of hydrogen-bond donors (Lipinski definition) is 2. The molecule has 90 valence electrons. The first-order chi connectivity index (χ1) is 6.82. The maximum atomic E-state index is 12.7. The molecule has 3 N–H and O–H groups in total. The fourth-order valence-electron chi connectivity index (χ4n) is 2.07. The van der Waals surface area contributed by atoms with Crippen LogP contribution in [0.1, 0.15) is 19.8 Å². The van der Waals surface area contributed by atoms with Crippen LogP contribution in [0.5, 0.6) is 0 Å². The Morgan fingerprint density at radius 1 is 1.47 bits per heavy atom. The highest BCUT2D eigenvalue weighted by Gasteiger charge is 2.46. The van der Waals surface area contributed by atoms with Gasteiger partial charge in [-0.15, -0.1) is 0 Å². The van der Waals surface area contributed by atoms with E-state index in [1.165, 1.54) is 11.8 Å². The summed E-state index contributed by atoms with van der Waals surface area (Å²) in [7, 11) is 0. The molecule has 1 fully saturated rings. The second-order valence-corrected chi connectivity index (χ2v) is 4.14. The number of piperidine rings is 1. The van der Waals surface area contributed by atoms with Crippen molar-refractivity contribution in [2.75, 3.05) is 13.1 Å². The van der Waals surface area contributed by atoms with Crippen LogP contribution >= 0.6 is 0 Å². The highest BCUT2D eigenvalue weighted by Crippen LogP contribution is 2.28. The molecule has 1 rings (SSSR count). The number of nitrogens with two attached hydrogens (primary N) is 1. The van der Waals surface area contributed by atoms with Gasteiger partial charge < -0.3 is 10.8 Å². The number of halogens is 3. The van der Waals surface area contributed by atoms with Gasteiger partial charge in [0.1, 0.15) is 6.04 Å². The molecule has 1 saturated heterocycles. The summed E-state index contributed by atoms with van der Waals surface area (Å²) < 4.78 is 38.0. The molecule has 0 aromatic carbocycles. The molecule has 3 atom stereocenters. The van der Waals surface area contributed by atoms with Gasteiger partial charge in [0.15, 0.2) is 0 Å².